The van der Waals surface area contributed by atoms with E-state index < -0.39 is 5.97 Å². The quantitative estimate of drug-likeness (QED) is 0.798. The summed E-state index contributed by atoms with van der Waals surface area (Å²) in [6.45, 7) is 4.28. The van der Waals surface area contributed by atoms with E-state index in [2.05, 4.69) is 19.9 Å². The standard InChI is InChI=1S/C20H24O3/c1-3-11-20(4-2,17-9-5-7-15(12-17)14-21)18-10-6-8-16(13-18)19(22)23/h5-10,12-13,21H,3-4,11,14H2,1-2H3,(H,22,23). The van der Waals surface area contributed by atoms with Crippen LogP contribution in [0, 0.1) is 0 Å². The molecule has 0 saturated carbocycles. The molecule has 0 aromatic heterocycles. The lowest BCUT2D eigenvalue weighted by Gasteiger charge is -2.34. The molecule has 0 radical (unpaired) electrons. The van der Waals surface area contributed by atoms with Crippen molar-refractivity contribution in [2.75, 3.05) is 0 Å². The first-order valence-corrected chi connectivity index (χ1v) is 8.11. The Morgan fingerprint density at radius 1 is 1.04 bits per heavy atom. The molecule has 0 aliphatic rings. The smallest absolute Gasteiger partial charge is 0.335 e. The van der Waals surface area contributed by atoms with Crippen LogP contribution in [0.2, 0.25) is 0 Å². The van der Waals surface area contributed by atoms with Crippen molar-refractivity contribution < 1.29 is 15.0 Å². The number of carboxylic acid groups (broad SMARTS) is 1. The molecular weight excluding hydrogens is 288 g/mol. The average molecular weight is 312 g/mol. The van der Waals surface area contributed by atoms with Crippen LogP contribution in [0.4, 0.5) is 0 Å². The van der Waals surface area contributed by atoms with Gasteiger partial charge in [0.1, 0.15) is 0 Å². The Hall–Kier alpha value is -2.13. The van der Waals surface area contributed by atoms with Crippen LogP contribution in [0.1, 0.15) is 60.2 Å². The van der Waals surface area contributed by atoms with Crippen molar-refractivity contribution in [3.63, 3.8) is 0 Å². The molecule has 0 spiro atoms. The number of carbonyl (C=O) groups is 1. The number of rotatable bonds is 7. The number of hydrogen-bond donors (Lipinski definition) is 2. The molecule has 2 rings (SSSR count). The van der Waals surface area contributed by atoms with Crippen molar-refractivity contribution in [1.29, 1.82) is 0 Å². The third kappa shape index (κ3) is 3.45. The van der Waals surface area contributed by atoms with Crippen LogP contribution in [0.5, 0.6) is 0 Å². The molecule has 2 N–H and O–H groups in total. The van der Waals surface area contributed by atoms with E-state index >= 15 is 0 Å². The van der Waals surface area contributed by atoms with E-state index in [9.17, 15) is 15.0 Å². The number of benzene rings is 2. The highest BCUT2D eigenvalue weighted by molar-refractivity contribution is 5.87. The molecule has 0 aliphatic heterocycles. The number of aliphatic hydroxyl groups excluding tert-OH is 1. The van der Waals surface area contributed by atoms with Gasteiger partial charge in [-0.05, 0) is 41.7 Å². The van der Waals surface area contributed by atoms with Crippen molar-refractivity contribution in [2.45, 2.75) is 45.1 Å². The summed E-state index contributed by atoms with van der Waals surface area (Å²) in [6, 6.07) is 15.2. The largest absolute Gasteiger partial charge is 0.478 e. The molecule has 1 unspecified atom stereocenters. The molecule has 0 amide bonds. The SMILES string of the molecule is CCCC(CC)(c1cccc(CO)c1)c1cccc(C(=O)O)c1. The average Bonchev–Trinajstić information content (AvgIpc) is 2.60. The summed E-state index contributed by atoms with van der Waals surface area (Å²) in [5.74, 6) is -0.905. The van der Waals surface area contributed by atoms with E-state index in [1.807, 2.05) is 30.3 Å². The molecule has 1 atom stereocenters. The lowest BCUT2D eigenvalue weighted by Crippen LogP contribution is -2.27. The van der Waals surface area contributed by atoms with Gasteiger partial charge in [-0.3, -0.25) is 0 Å². The van der Waals surface area contributed by atoms with Gasteiger partial charge in [-0.2, -0.15) is 0 Å². The fraction of sp³-hybridized carbons (Fsp3) is 0.350. The zero-order valence-corrected chi connectivity index (χ0v) is 13.7. The van der Waals surface area contributed by atoms with Gasteiger partial charge in [0.2, 0.25) is 0 Å². The van der Waals surface area contributed by atoms with Crippen LogP contribution in [0.25, 0.3) is 0 Å². The normalized spacial score (nSPS) is 13.5. The van der Waals surface area contributed by atoms with Gasteiger partial charge in [0.25, 0.3) is 0 Å². The minimum atomic E-state index is -0.905. The second-order valence-corrected chi connectivity index (χ2v) is 5.93. The van der Waals surface area contributed by atoms with E-state index in [1.165, 1.54) is 0 Å². The van der Waals surface area contributed by atoms with Gasteiger partial charge in [0.05, 0.1) is 12.2 Å². The minimum Gasteiger partial charge on any atom is -0.478 e. The maximum absolute atomic E-state index is 11.3. The van der Waals surface area contributed by atoms with Crippen LogP contribution in [0.15, 0.2) is 48.5 Å². The Labute approximate surface area is 137 Å². The number of aromatic carboxylic acids is 1. The van der Waals surface area contributed by atoms with Crippen molar-refractivity contribution in [3.8, 4) is 0 Å². The summed E-state index contributed by atoms with van der Waals surface area (Å²) in [5.41, 5.74) is 3.12. The highest BCUT2D eigenvalue weighted by Crippen LogP contribution is 2.40. The van der Waals surface area contributed by atoms with E-state index in [-0.39, 0.29) is 12.0 Å². The highest BCUT2D eigenvalue weighted by Gasteiger charge is 2.32. The van der Waals surface area contributed by atoms with Crippen molar-refractivity contribution in [1.82, 2.24) is 0 Å². The topological polar surface area (TPSA) is 57.5 Å². The molecule has 3 nitrogen and oxygen atoms in total. The monoisotopic (exact) mass is 312 g/mol. The Bertz CT molecular complexity index is 678. The Morgan fingerprint density at radius 3 is 2.26 bits per heavy atom. The first-order chi connectivity index (χ1) is 11.1. The zero-order chi connectivity index (χ0) is 16.9. The number of aliphatic hydroxyl groups is 1. The van der Waals surface area contributed by atoms with Crippen LogP contribution >= 0.6 is 0 Å². The summed E-state index contributed by atoms with van der Waals surface area (Å²) in [6.07, 6.45) is 2.80. The van der Waals surface area contributed by atoms with E-state index in [4.69, 9.17) is 0 Å². The van der Waals surface area contributed by atoms with Gasteiger partial charge in [0, 0.05) is 5.41 Å². The maximum atomic E-state index is 11.3. The summed E-state index contributed by atoms with van der Waals surface area (Å²) in [4.78, 5) is 11.3. The van der Waals surface area contributed by atoms with Crippen molar-refractivity contribution in [2.24, 2.45) is 0 Å². The van der Waals surface area contributed by atoms with Gasteiger partial charge in [-0.15, -0.1) is 0 Å². The molecule has 3 heteroatoms. The van der Waals surface area contributed by atoms with E-state index in [1.54, 1.807) is 12.1 Å². The molecule has 0 bridgehead atoms. The lowest BCUT2D eigenvalue weighted by atomic mass is 9.69. The molecule has 0 saturated heterocycles. The fourth-order valence-corrected chi connectivity index (χ4v) is 3.38. The van der Waals surface area contributed by atoms with Crippen LogP contribution in [-0.2, 0) is 12.0 Å². The van der Waals surface area contributed by atoms with E-state index in [0.29, 0.717) is 5.56 Å². The second kappa shape index (κ2) is 7.42. The second-order valence-electron chi connectivity index (χ2n) is 5.93. The van der Waals surface area contributed by atoms with Crippen LogP contribution in [0.3, 0.4) is 0 Å². The van der Waals surface area contributed by atoms with E-state index in [0.717, 1.165) is 36.0 Å². The Morgan fingerprint density at radius 2 is 1.70 bits per heavy atom. The highest BCUT2D eigenvalue weighted by atomic mass is 16.4. The van der Waals surface area contributed by atoms with Gasteiger partial charge >= 0.3 is 5.97 Å². The third-order valence-corrected chi connectivity index (χ3v) is 4.60. The van der Waals surface area contributed by atoms with Crippen LogP contribution < -0.4 is 0 Å². The van der Waals surface area contributed by atoms with Gasteiger partial charge in [-0.25, -0.2) is 4.79 Å². The van der Waals surface area contributed by atoms with Crippen molar-refractivity contribution >= 4 is 5.97 Å². The minimum absolute atomic E-state index is 0.00885. The van der Waals surface area contributed by atoms with Crippen LogP contribution in [-0.4, -0.2) is 16.2 Å². The summed E-state index contributed by atoms with van der Waals surface area (Å²) >= 11 is 0. The molecule has 0 heterocycles. The van der Waals surface area contributed by atoms with Gasteiger partial charge in [0.15, 0.2) is 0 Å². The lowest BCUT2D eigenvalue weighted by molar-refractivity contribution is 0.0696. The third-order valence-electron chi connectivity index (χ3n) is 4.60. The number of hydrogen-bond acceptors (Lipinski definition) is 2. The molecule has 2 aromatic rings. The maximum Gasteiger partial charge on any atom is 0.335 e. The Balaban J connectivity index is 2.63. The Kier molecular flexibility index (Phi) is 5.56. The molecule has 122 valence electrons. The molecular formula is C20H24O3. The predicted molar refractivity (Wildman–Crippen MR) is 91.7 cm³/mol. The predicted octanol–water partition coefficient (Wildman–Crippen LogP) is 4.37. The van der Waals surface area contributed by atoms with Crippen molar-refractivity contribution in [3.05, 3.63) is 70.8 Å². The summed E-state index contributed by atoms with van der Waals surface area (Å²) < 4.78 is 0. The molecule has 2 aromatic carbocycles. The van der Waals surface area contributed by atoms with Gasteiger partial charge in [-0.1, -0.05) is 56.7 Å². The number of carboxylic acids is 1. The first kappa shape index (κ1) is 17.2. The zero-order valence-electron chi connectivity index (χ0n) is 13.7. The molecule has 0 aliphatic carbocycles. The summed E-state index contributed by atoms with van der Waals surface area (Å²) in [7, 11) is 0. The fourth-order valence-electron chi connectivity index (χ4n) is 3.38. The van der Waals surface area contributed by atoms with Gasteiger partial charge < -0.3 is 10.2 Å². The first-order valence-electron chi connectivity index (χ1n) is 8.11. The molecule has 23 heavy (non-hydrogen) atoms. The summed E-state index contributed by atoms with van der Waals surface area (Å²) in [5, 5.41) is 18.7. The molecule has 0 fully saturated rings.